The van der Waals surface area contributed by atoms with E-state index in [1.165, 1.54) is 0 Å². The number of nitrogens with one attached hydrogen (secondary N) is 1. The summed E-state index contributed by atoms with van der Waals surface area (Å²) in [6, 6.07) is -0.629. The van der Waals surface area contributed by atoms with E-state index >= 15 is 0 Å². The normalized spacial score (nSPS) is 8.10. The molecule has 0 aliphatic carbocycles. The van der Waals surface area contributed by atoms with Crippen LogP contribution in [0.1, 0.15) is 6.42 Å². The summed E-state index contributed by atoms with van der Waals surface area (Å²) in [5.41, 5.74) is 0. The Morgan fingerprint density at radius 1 is 1.70 bits per heavy atom. The van der Waals surface area contributed by atoms with Gasteiger partial charge < -0.3 is 5.32 Å². The molecule has 0 aliphatic rings. The first-order valence-electron chi connectivity index (χ1n) is 2.73. The van der Waals surface area contributed by atoms with E-state index in [0.717, 1.165) is 17.8 Å². The Morgan fingerprint density at radius 2 is 2.40 bits per heavy atom. The minimum absolute atomic E-state index is 0.523. The summed E-state index contributed by atoms with van der Waals surface area (Å²) in [5.74, 6) is 0. The number of nitrogens with zero attached hydrogens (tertiary/aromatic N) is 1. The molecule has 0 aromatic heterocycles. The maximum absolute atomic E-state index is 10.4. The van der Waals surface area contributed by atoms with E-state index in [-0.39, 0.29) is 0 Å². The molecule has 4 nitrogen and oxygen atoms in total. The van der Waals surface area contributed by atoms with Gasteiger partial charge in [0.05, 0.1) is 0 Å². The molecule has 1 N–H and O–H groups in total. The second kappa shape index (κ2) is 6.45. The largest absolute Gasteiger partial charge is 0.351 e. The summed E-state index contributed by atoms with van der Waals surface area (Å²) < 4.78 is 0. The Bertz CT molecular complexity index is 154. The molecule has 0 atom stereocenters. The zero-order chi connectivity index (χ0) is 7.82. The Balaban J connectivity index is 3.31. The van der Waals surface area contributed by atoms with Crippen LogP contribution in [0.2, 0.25) is 0 Å². The zero-order valence-electron chi connectivity index (χ0n) is 5.26. The highest BCUT2D eigenvalue weighted by atomic mass is 79.9. The van der Waals surface area contributed by atoms with Crippen molar-refractivity contribution in [2.75, 3.05) is 11.9 Å². The molecule has 0 spiro atoms. The predicted octanol–water partition coefficient (Wildman–Crippen LogP) is 0.817. The fourth-order valence-electron chi connectivity index (χ4n) is 0.343. The number of halogens is 1. The monoisotopic (exact) mass is 206 g/mol. The number of hydrogen-bond donors (Lipinski definition) is 1. The van der Waals surface area contributed by atoms with Gasteiger partial charge in [-0.25, -0.2) is 9.59 Å². The molecule has 0 radical (unpaired) electrons. The number of carbonyl (C=O) groups excluding carboxylic acids is 2. The van der Waals surface area contributed by atoms with E-state index in [4.69, 9.17) is 0 Å². The van der Waals surface area contributed by atoms with E-state index in [0.29, 0.717) is 6.54 Å². The van der Waals surface area contributed by atoms with Crippen LogP contribution < -0.4 is 5.32 Å². The molecule has 56 valence electrons. The number of alkyl halides is 1. The van der Waals surface area contributed by atoms with Crippen LogP contribution in [0.3, 0.4) is 0 Å². The molecule has 0 saturated heterocycles. The third kappa shape index (κ3) is 5.47. The summed E-state index contributed by atoms with van der Waals surface area (Å²) in [5, 5.41) is 3.20. The van der Waals surface area contributed by atoms with Gasteiger partial charge in [-0.2, -0.15) is 0 Å². The van der Waals surface area contributed by atoms with Crippen LogP contribution in [0.5, 0.6) is 0 Å². The number of rotatable bonds is 3. The first-order chi connectivity index (χ1) is 4.81. The molecule has 0 fully saturated rings. The van der Waals surface area contributed by atoms with Crippen LogP contribution in [-0.4, -0.2) is 24.0 Å². The molecule has 0 aromatic carbocycles. The molecular weight excluding hydrogens is 200 g/mol. The Morgan fingerprint density at radius 3 is 2.90 bits per heavy atom. The minimum Gasteiger partial charge on any atom is -0.336 e. The number of amides is 2. The molecule has 0 bridgehead atoms. The molecular formula is C5H7BrN2O2. The number of hydrogen-bond acceptors (Lipinski definition) is 2. The average Bonchev–Trinajstić information content (AvgIpc) is 1.89. The Hall–Kier alpha value is -0.670. The lowest BCUT2D eigenvalue weighted by atomic mass is 10.5. The summed E-state index contributed by atoms with van der Waals surface area (Å²) >= 11 is 3.18. The fraction of sp³-hybridized carbons (Fsp3) is 0.600. The minimum atomic E-state index is -0.629. The van der Waals surface area contributed by atoms with Crippen molar-refractivity contribution in [3.8, 4) is 0 Å². The van der Waals surface area contributed by atoms with Crippen LogP contribution in [0.4, 0.5) is 4.79 Å². The first-order valence-corrected chi connectivity index (χ1v) is 3.85. The lowest BCUT2D eigenvalue weighted by molar-refractivity contribution is 0.249. The van der Waals surface area contributed by atoms with Gasteiger partial charge in [0.15, 0.2) is 0 Å². The molecule has 10 heavy (non-hydrogen) atoms. The molecule has 5 heteroatoms. The van der Waals surface area contributed by atoms with Gasteiger partial charge in [0.1, 0.15) is 0 Å². The van der Waals surface area contributed by atoms with Crippen molar-refractivity contribution in [1.29, 1.82) is 0 Å². The number of urea groups is 1. The highest BCUT2D eigenvalue weighted by Crippen LogP contribution is 1.84. The SMILES string of the molecule is O=C=NC(=O)NCCCBr. The van der Waals surface area contributed by atoms with Crippen molar-refractivity contribution in [3.63, 3.8) is 0 Å². The smallest absolute Gasteiger partial charge is 0.336 e. The predicted molar refractivity (Wildman–Crippen MR) is 39.9 cm³/mol. The van der Waals surface area contributed by atoms with Crippen molar-refractivity contribution in [2.45, 2.75) is 6.42 Å². The van der Waals surface area contributed by atoms with Crippen molar-refractivity contribution in [1.82, 2.24) is 5.32 Å². The van der Waals surface area contributed by atoms with Gasteiger partial charge in [0.25, 0.3) is 0 Å². The third-order valence-corrected chi connectivity index (χ3v) is 1.29. The van der Waals surface area contributed by atoms with Crippen LogP contribution in [0.25, 0.3) is 0 Å². The van der Waals surface area contributed by atoms with E-state index in [1.807, 2.05) is 0 Å². The van der Waals surface area contributed by atoms with Crippen molar-refractivity contribution >= 4 is 28.0 Å². The second-order valence-corrected chi connectivity index (χ2v) is 2.27. The van der Waals surface area contributed by atoms with E-state index in [9.17, 15) is 9.59 Å². The highest BCUT2D eigenvalue weighted by molar-refractivity contribution is 9.09. The third-order valence-electron chi connectivity index (χ3n) is 0.734. The Kier molecular flexibility index (Phi) is 6.02. The maximum atomic E-state index is 10.4. The van der Waals surface area contributed by atoms with Gasteiger partial charge in [-0.1, -0.05) is 15.9 Å². The van der Waals surface area contributed by atoms with E-state index < -0.39 is 6.03 Å². The van der Waals surface area contributed by atoms with Crippen LogP contribution in [0.15, 0.2) is 4.99 Å². The quantitative estimate of drug-likeness (QED) is 0.322. The first kappa shape index (κ1) is 9.33. The van der Waals surface area contributed by atoms with E-state index in [1.54, 1.807) is 0 Å². The van der Waals surface area contributed by atoms with E-state index in [2.05, 4.69) is 26.2 Å². The summed E-state index contributed by atoms with van der Waals surface area (Å²) in [4.78, 5) is 22.7. The maximum Gasteiger partial charge on any atom is 0.351 e. The summed E-state index contributed by atoms with van der Waals surface area (Å²) in [7, 11) is 0. The zero-order valence-corrected chi connectivity index (χ0v) is 6.85. The molecule has 0 aromatic rings. The lowest BCUT2D eigenvalue weighted by Gasteiger charge is -1.94. The van der Waals surface area contributed by atoms with Crippen LogP contribution in [0, 0.1) is 0 Å². The molecule has 2 amide bonds. The van der Waals surface area contributed by atoms with Gasteiger partial charge in [0.2, 0.25) is 6.08 Å². The molecule has 0 rings (SSSR count). The second-order valence-electron chi connectivity index (χ2n) is 1.48. The Labute approximate surface area is 66.8 Å². The lowest BCUT2D eigenvalue weighted by Crippen LogP contribution is -2.20. The van der Waals surface area contributed by atoms with Crippen molar-refractivity contribution < 1.29 is 9.59 Å². The standard InChI is InChI=1S/C5H7BrN2O2/c6-2-1-3-7-5(10)8-4-9/h1-3H2,(H,7,10). The molecule has 0 heterocycles. The average molecular weight is 207 g/mol. The summed E-state index contributed by atoms with van der Waals surface area (Å²) in [6.45, 7) is 0.523. The van der Waals surface area contributed by atoms with Gasteiger partial charge in [-0.3, -0.25) is 0 Å². The molecule has 0 saturated carbocycles. The summed E-state index contributed by atoms with van der Waals surface area (Å²) in [6.07, 6.45) is 1.97. The van der Waals surface area contributed by atoms with Crippen molar-refractivity contribution in [3.05, 3.63) is 0 Å². The molecule has 0 unspecified atom stereocenters. The van der Waals surface area contributed by atoms with Crippen LogP contribution in [-0.2, 0) is 4.79 Å². The number of carbonyl (C=O) groups is 1. The number of aliphatic imine (C=N–C) groups is 1. The van der Waals surface area contributed by atoms with Gasteiger partial charge >= 0.3 is 6.03 Å². The van der Waals surface area contributed by atoms with Gasteiger partial charge in [0, 0.05) is 11.9 Å². The highest BCUT2D eigenvalue weighted by Gasteiger charge is 1.93. The van der Waals surface area contributed by atoms with Crippen LogP contribution >= 0.6 is 15.9 Å². The number of isocyanates is 1. The molecule has 0 aliphatic heterocycles. The van der Waals surface area contributed by atoms with Crippen molar-refractivity contribution in [2.24, 2.45) is 4.99 Å². The fourth-order valence-corrected chi connectivity index (χ4v) is 0.623. The van der Waals surface area contributed by atoms with Gasteiger partial charge in [-0.15, -0.1) is 4.99 Å². The topological polar surface area (TPSA) is 58.5 Å². The van der Waals surface area contributed by atoms with Gasteiger partial charge in [-0.05, 0) is 6.42 Å².